The summed E-state index contributed by atoms with van der Waals surface area (Å²) in [5.74, 6) is 1.69. The van der Waals surface area contributed by atoms with Crippen molar-refractivity contribution < 1.29 is 22.6 Å². The number of nitro groups is 1. The molecule has 0 saturated carbocycles. The fraction of sp³-hybridized carbons (Fsp3) is 0. The maximum absolute atomic E-state index is 11.4. The molecule has 9 nitrogen and oxygen atoms in total. The van der Waals surface area contributed by atoms with Crippen molar-refractivity contribution in [3.63, 3.8) is 0 Å². The summed E-state index contributed by atoms with van der Waals surface area (Å²) in [5, 5.41) is 21.4. The Morgan fingerprint density at radius 3 is 2.44 bits per heavy atom. The zero-order valence-corrected chi connectivity index (χ0v) is 17.9. The van der Waals surface area contributed by atoms with Crippen LogP contribution in [0.2, 0.25) is 5.02 Å². The lowest BCUT2D eigenvalue weighted by molar-refractivity contribution is -0.384. The highest BCUT2D eigenvalue weighted by Gasteiger charge is 2.26. The lowest BCUT2D eigenvalue weighted by Gasteiger charge is -2.00. The molecule has 0 aliphatic carbocycles. The minimum Gasteiger partial charge on any atom is -0.464 e. The maximum atomic E-state index is 11.4. The molecule has 1 aromatic carbocycles. The van der Waals surface area contributed by atoms with E-state index < -0.39 is 4.92 Å². The molecule has 0 aliphatic heterocycles. The molecule has 0 N–H and O–H groups in total. The molecule has 0 unspecified atom stereocenters. The van der Waals surface area contributed by atoms with Gasteiger partial charge in [0.1, 0.15) is 28.9 Å². The van der Waals surface area contributed by atoms with E-state index in [-0.39, 0.29) is 33.5 Å². The maximum Gasteiger partial charge on any atom is 0.281 e. The zero-order valence-electron chi connectivity index (χ0n) is 17.1. The van der Waals surface area contributed by atoms with E-state index in [4.69, 9.17) is 29.3 Å². The Morgan fingerprint density at radius 2 is 1.76 bits per heavy atom. The van der Waals surface area contributed by atoms with E-state index >= 15 is 0 Å². The second kappa shape index (κ2) is 8.61. The van der Waals surface area contributed by atoms with Crippen LogP contribution in [0.5, 0.6) is 0 Å². The van der Waals surface area contributed by atoms with Crippen molar-refractivity contribution in [3.05, 3.63) is 93.6 Å². The SMILES string of the molecule is N#Cc1c(N=Cc2ccc(-c3ccc(Cl)cc3[N+](=O)[O-])o2)oc(-c2ccco2)c1-c1ccco1. The third-order valence-corrected chi connectivity index (χ3v) is 5.11. The van der Waals surface area contributed by atoms with E-state index in [2.05, 4.69) is 11.1 Å². The Bertz CT molecular complexity index is 1550. The van der Waals surface area contributed by atoms with Gasteiger partial charge in [-0.15, -0.1) is 0 Å². The van der Waals surface area contributed by atoms with E-state index in [1.807, 2.05) is 0 Å². The standard InChI is InChI=1S/C24H12ClN3O6/c25-14-5-7-16(18(11-14)28(29)30)19-8-6-15(33-19)13-27-24-17(12-26)22(20-3-1-9-31-20)23(34-24)21-4-2-10-32-21/h1-11,13H. The number of hydrogen-bond donors (Lipinski definition) is 0. The Labute approximate surface area is 196 Å². The predicted molar refractivity (Wildman–Crippen MR) is 122 cm³/mol. The van der Waals surface area contributed by atoms with Crippen molar-refractivity contribution in [1.82, 2.24) is 0 Å². The van der Waals surface area contributed by atoms with Gasteiger partial charge < -0.3 is 17.7 Å². The average Bonchev–Trinajstić information content (AvgIpc) is 3.63. The minimum atomic E-state index is -0.536. The van der Waals surface area contributed by atoms with E-state index in [9.17, 15) is 15.4 Å². The molecule has 0 spiro atoms. The number of furan rings is 4. The molecule has 4 aromatic heterocycles. The molecule has 0 bridgehead atoms. The van der Waals surface area contributed by atoms with Crippen LogP contribution in [0.25, 0.3) is 34.2 Å². The Kier molecular flexibility index (Phi) is 5.33. The molecule has 0 fully saturated rings. The summed E-state index contributed by atoms with van der Waals surface area (Å²) in [7, 11) is 0. The first-order chi connectivity index (χ1) is 16.5. The molecule has 34 heavy (non-hydrogen) atoms. The Hall–Kier alpha value is -4.81. The van der Waals surface area contributed by atoms with E-state index in [0.29, 0.717) is 28.6 Å². The molecular formula is C24H12ClN3O6. The number of aliphatic imine (C=N–C) groups is 1. The molecule has 0 saturated heterocycles. The fourth-order valence-electron chi connectivity index (χ4n) is 3.40. The number of hydrogen-bond acceptors (Lipinski definition) is 8. The minimum absolute atomic E-state index is 0.0238. The molecule has 0 aliphatic rings. The van der Waals surface area contributed by atoms with Gasteiger partial charge in [0.2, 0.25) is 5.88 Å². The van der Waals surface area contributed by atoms with Crippen molar-refractivity contribution in [2.45, 2.75) is 0 Å². The summed E-state index contributed by atoms with van der Waals surface area (Å²) >= 11 is 5.88. The second-order valence-corrected chi connectivity index (χ2v) is 7.37. The van der Waals surface area contributed by atoms with Crippen LogP contribution in [-0.4, -0.2) is 11.1 Å². The molecular weight excluding hydrogens is 462 g/mol. The Balaban J connectivity index is 1.53. The molecule has 5 aromatic rings. The first-order valence-corrected chi connectivity index (χ1v) is 10.2. The summed E-state index contributed by atoms with van der Waals surface area (Å²) in [4.78, 5) is 15.1. The normalized spacial score (nSPS) is 11.2. The summed E-state index contributed by atoms with van der Waals surface area (Å²) in [6.45, 7) is 0. The summed E-state index contributed by atoms with van der Waals surface area (Å²) in [6.07, 6.45) is 4.32. The average molecular weight is 474 g/mol. The van der Waals surface area contributed by atoms with Gasteiger partial charge in [-0.3, -0.25) is 10.1 Å². The molecule has 0 atom stereocenters. The van der Waals surface area contributed by atoms with Gasteiger partial charge in [0.15, 0.2) is 11.5 Å². The molecule has 5 rings (SSSR count). The van der Waals surface area contributed by atoms with Gasteiger partial charge in [0, 0.05) is 11.1 Å². The third kappa shape index (κ3) is 3.79. The van der Waals surface area contributed by atoms with E-state index in [0.717, 1.165) is 0 Å². The van der Waals surface area contributed by atoms with E-state index in [1.54, 1.807) is 36.4 Å². The molecule has 4 heterocycles. The van der Waals surface area contributed by atoms with Crippen molar-refractivity contribution in [3.8, 4) is 40.2 Å². The van der Waals surface area contributed by atoms with Crippen molar-refractivity contribution in [1.29, 1.82) is 5.26 Å². The van der Waals surface area contributed by atoms with Gasteiger partial charge >= 0.3 is 0 Å². The zero-order chi connectivity index (χ0) is 23.7. The molecule has 10 heteroatoms. The van der Waals surface area contributed by atoms with Crippen LogP contribution in [0.15, 0.2) is 89.8 Å². The highest BCUT2D eigenvalue weighted by molar-refractivity contribution is 6.30. The number of nitrogens with zero attached hydrogens (tertiary/aromatic N) is 3. The number of nitriles is 1. The van der Waals surface area contributed by atoms with E-state index in [1.165, 1.54) is 36.9 Å². The van der Waals surface area contributed by atoms with Gasteiger partial charge in [-0.25, -0.2) is 4.99 Å². The van der Waals surface area contributed by atoms with Crippen LogP contribution in [0, 0.1) is 21.4 Å². The topological polar surface area (TPSA) is 132 Å². The van der Waals surface area contributed by atoms with Gasteiger partial charge in [0.05, 0.1) is 34.8 Å². The van der Waals surface area contributed by atoms with Gasteiger partial charge in [-0.2, -0.15) is 5.26 Å². The smallest absolute Gasteiger partial charge is 0.281 e. The summed E-state index contributed by atoms with van der Waals surface area (Å²) < 4.78 is 22.5. The monoisotopic (exact) mass is 473 g/mol. The highest BCUT2D eigenvalue weighted by Crippen LogP contribution is 2.43. The molecule has 0 radical (unpaired) electrons. The van der Waals surface area contributed by atoms with Gasteiger partial charge in [-0.05, 0) is 48.5 Å². The van der Waals surface area contributed by atoms with Crippen LogP contribution in [0.4, 0.5) is 11.6 Å². The van der Waals surface area contributed by atoms with Crippen molar-refractivity contribution >= 4 is 29.4 Å². The van der Waals surface area contributed by atoms with Crippen LogP contribution in [0.3, 0.4) is 0 Å². The van der Waals surface area contributed by atoms with Crippen LogP contribution in [0.1, 0.15) is 11.3 Å². The summed E-state index contributed by atoms with van der Waals surface area (Å²) in [5.41, 5.74) is 0.642. The molecule has 0 amide bonds. The second-order valence-electron chi connectivity index (χ2n) is 6.93. The van der Waals surface area contributed by atoms with Crippen LogP contribution < -0.4 is 0 Å². The van der Waals surface area contributed by atoms with Crippen LogP contribution in [-0.2, 0) is 0 Å². The predicted octanol–water partition coefficient (Wildman–Crippen LogP) is 7.24. The quantitative estimate of drug-likeness (QED) is 0.144. The van der Waals surface area contributed by atoms with Crippen LogP contribution >= 0.6 is 11.6 Å². The van der Waals surface area contributed by atoms with Gasteiger partial charge in [0.25, 0.3) is 5.69 Å². The first kappa shape index (κ1) is 21.1. The van der Waals surface area contributed by atoms with Crippen molar-refractivity contribution in [2.24, 2.45) is 4.99 Å². The number of benzene rings is 1. The van der Waals surface area contributed by atoms with Crippen molar-refractivity contribution in [2.75, 3.05) is 0 Å². The fourth-order valence-corrected chi connectivity index (χ4v) is 3.57. The first-order valence-electron chi connectivity index (χ1n) is 9.78. The third-order valence-electron chi connectivity index (χ3n) is 4.87. The Morgan fingerprint density at radius 1 is 1.00 bits per heavy atom. The number of halogens is 1. The van der Waals surface area contributed by atoms with Gasteiger partial charge in [-0.1, -0.05) is 11.6 Å². The summed E-state index contributed by atoms with van der Waals surface area (Å²) in [6, 6.07) is 16.3. The lowest BCUT2D eigenvalue weighted by Crippen LogP contribution is -1.91. The number of nitro benzene ring substituents is 1. The lowest BCUT2D eigenvalue weighted by atomic mass is 10.1. The number of rotatable bonds is 6. The largest absolute Gasteiger partial charge is 0.464 e. The highest BCUT2D eigenvalue weighted by atomic mass is 35.5. The molecule has 166 valence electrons.